The minimum Gasteiger partial charge on any atom is -0.377 e. The van der Waals surface area contributed by atoms with Gasteiger partial charge in [-0.2, -0.15) is 0 Å². The SMILES string of the molecule is CCOCc1ccccc1CNC(=O)[C@@H]1Cc2ccccc2N1C(C)=O. The Morgan fingerprint density at radius 1 is 1.12 bits per heavy atom. The molecule has 1 N–H and O–H groups in total. The van der Waals surface area contributed by atoms with Gasteiger partial charge in [0.2, 0.25) is 11.8 Å². The maximum Gasteiger partial charge on any atom is 0.243 e. The second-order valence-corrected chi connectivity index (χ2v) is 6.36. The quantitative estimate of drug-likeness (QED) is 0.870. The highest BCUT2D eigenvalue weighted by Gasteiger charge is 2.36. The van der Waals surface area contributed by atoms with Crippen molar-refractivity contribution in [3.8, 4) is 0 Å². The van der Waals surface area contributed by atoms with Crippen LogP contribution in [0.3, 0.4) is 0 Å². The van der Waals surface area contributed by atoms with E-state index in [0.29, 0.717) is 26.2 Å². The van der Waals surface area contributed by atoms with E-state index in [9.17, 15) is 9.59 Å². The van der Waals surface area contributed by atoms with Crippen LogP contribution in [0.2, 0.25) is 0 Å². The molecule has 0 saturated carbocycles. The highest BCUT2D eigenvalue weighted by molar-refractivity contribution is 6.02. The van der Waals surface area contributed by atoms with Crippen LogP contribution in [0.15, 0.2) is 48.5 Å². The number of nitrogens with one attached hydrogen (secondary N) is 1. The van der Waals surface area contributed by atoms with Gasteiger partial charge in [0.1, 0.15) is 6.04 Å². The predicted molar refractivity (Wildman–Crippen MR) is 101 cm³/mol. The number of carbonyl (C=O) groups is 2. The topological polar surface area (TPSA) is 58.6 Å². The normalized spacial score (nSPS) is 15.6. The van der Waals surface area contributed by atoms with Crippen molar-refractivity contribution in [1.82, 2.24) is 5.32 Å². The maximum absolute atomic E-state index is 12.8. The number of hydrogen-bond acceptors (Lipinski definition) is 3. The van der Waals surface area contributed by atoms with Gasteiger partial charge in [0, 0.05) is 32.2 Å². The van der Waals surface area contributed by atoms with Crippen molar-refractivity contribution < 1.29 is 14.3 Å². The largest absolute Gasteiger partial charge is 0.377 e. The van der Waals surface area contributed by atoms with E-state index in [-0.39, 0.29) is 11.8 Å². The summed E-state index contributed by atoms with van der Waals surface area (Å²) < 4.78 is 5.49. The number of carbonyl (C=O) groups excluding carboxylic acids is 2. The first kappa shape index (κ1) is 18.1. The average Bonchev–Trinajstić information content (AvgIpc) is 3.05. The third kappa shape index (κ3) is 3.78. The third-order valence-corrected chi connectivity index (χ3v) is 4.65. The van der Waals surface area contributed by atoms with Crippen LogP contribution in [0.4, 0.5) is 5.69 Å². The van der Waals surface area contributed by atoms with E-state index in [1.165, 1.54) is 6.92 Å². The zero-order valence-corrected chi connectivity index (χ0v) is 15.2. The molecular formula is C21H24N2O3. The van der Waals surface area contributed by atoms with Crippen LogP contribution in [0.1, 0.15) is 30.5 Å². The molecule has 2 amide bonds. The number of rotatable bonds is 6. The van der Waals surface area contributed by atoms with E-state index in [1.54, 1.807) is 4.90 Å². The van der Waals surface area contributed by atoms with Gasteiger partial charge in [-0.1, -0.05) is 42.5 Å². The smallest absolute Gasteiger partial charge is 0.243 e. The van der Waals surface area contributed by atoms with Crippen molar-refractivity contribution in [2.75, 3.05) is 11.5 Å². The van der Waals surface area contributed by atoms with Crippen LogP contribution in [-0.4, -0.2) is 24.5 Å². The van der Waals surface area contributed by atoms with Crippen molar-refractivity contribution >= 4 is 17.5 Å². The molecule has 0 fully saturated rings. The molecule has 0 radical (unpaired) electrons. The van der Waals surface area contributed by atoms with Gasteiger partial charge in [-0.05, 0) is 29.7 Å². The lowest BCUT2D eigenvalue weighted by molar-refractivity contribution is -0.125. The third-order valence-electron chi connectivity index (χ3n) is 4.65. The zero-order chi connectivity index (χ0) is 18.5. The molecule has 0 spiro atoms. The van der Waals surface area contributed by atoms with Gasteiger partial charge in [0.25, 0.3) is 0 Å². The number of anilines is 1. The van der Waals surface area contributed by atoms with E-state index < -0.39 is 6.04 Å². The van der Waals surface area contributed by atoms with Crippen LogP contribution in [0.5, 0.6) is 0 Å². The molecule has 0 bridgehead atoms. The lowest BCUT2D eigenvalue weighted by Gasteiger charge is -2.23. The van der Waals surface area contributed by atoms with Crippen LogP contribution in [0, 0.1) is 0 Å². The Bertz CT molecular complexity index is 803. The van der Waals surface area contributed by atoms with Crippen molar-refractivity contribution in [3.05, 3.63) is 65.2 Å². The molecular weight excluding hydrogens is 328 g/mol. The Kier molecular flexibility index (Phi) is 5.68. The van der Waals surface area contributed by atoms with Crippen LogP contribution < -0.4 is 10.2 Å². The van der Waals surface area contributed by atoms with Crippen molar-refractivity contribution in [1.29, 1.82) is 0 Å². The second-order valence-electron chi connectivity index (χ2n) is 6.36. The molecule has 26 heavy (non-hydrogen) atoms. The molecule has 2 aromatic carbocycles. The molecule has 136 valence electrons. The first-order valence-electron chi connectivity index (χ1n) is 8.91. The van der Waals surface area contributed by atoms with Gasteiger partial charge in [-0.15, -0.1) is 0 Å². The number of amides is 2. The van der Waals surface area contributed by atoms with Crippen molar-refractivity contribution in [2.45, 2.75) is 39.5 Å². The molecule has 3 rings (SSSR count). The predicted octanol–water partition coefficient (Wildman–Crippen LogP) is 2.82. The minimum absolute atomic E-state index is 0.119. The van der Waals surface area contributed by atoms with Crippen molar-refractivity contribution in [3.63, 3.8) is 0 Å². The summed E-state index contributed by atoms with van der Waals surface area (Å²) in [5.41, 5.74) is 3.95. The van der Waals surface area contributed by atoms with E-state index >= 15 is 0 Å². The highest BCUT2D eigenvalue weighted by atomic mass is 16.5. The summed E-state index contributed by atoms with van der Waals surface area (Å²) >= 11 is 0. The first-order chi connectivity index (χ1) is 12.6. The first-order valence-corrected chi connectivity index (χ1v) is 8.91. The molecule has 1 aliphatic rings. The number of benzene rings is 2. The van der Waals surface area contributed by atoms with Gasteiger partial charge in [0.05, 0.1) is 6.61 Å². The van der Waals surface area contributed by atoms with E-state index in [0.717, 1.165) is 22.4 Å². The molecule has 5 heteroatoms. The molecule has 1 aliphatic heterocycles. The summed E-state index contributed by atoms with van der Waals surface area (Å²) in [5, 5.41) is 2.99. The number of hydrogen-bond donors (Lipinski definition) is 1. The lowest BCUT2D eigenvalue weighted by Crippen LogP contribution is -2.47. The Morgan fingerprint density at radius 2 is 1.81 bits per heavy atom. The van der Waals surface area contributed by atoms with Gasteiger partial charge in [-0.25, -0.2) is 0 Å². The molecule has 2 aromatic rings. The summed E-state index contributed by atoms with van der Waals surface area (Å²) in [6.07, 6.45) is 0.544. The second kappa shape index (κ2) is 8.15. The Labute approximate surface area is 154 Å². The van der Waals surface area contributed by atoms with Crippen LogP contribution >= 0.6 is 0 Å². The van der Waals surface area contributed by atoms with Gasteiger partial charge in [-0.3, -0.25) is 14.5 Å². The standard InChI is InChI=1S/C21H24N2O3/c1-3-26-14-18-10-5-4-9-17(18)13-22-21(25)20-12-16-8-6-7-11-19(16)23(20)15(2)24/h4-11,20H,3,12-14H2,1-2H3,(H,22,25)/t20-/m0/s1. The lowest BCUT2D eigenvalue weighted by atomic mass is 10.1. The van der Waals surface area contributed by atoms with Gasteiger partial charge in [0.15, 0.2) is 0 Å². The molecule has 0 unspecified atom stereocenters. The fraction of sp³-hybridized carbons (Fsp3) is 0.333. The summed E-state index contributed by atoms with van der Waals surface area (Å²) in [6.45, 7) is 5.05. The van der Waals surface area contributed by atoms with Crippen molar-refractivity contribution in [2.24, 2.45) is 0 Å². The number of nitrogens with zero attached hydrogens (tertiary/aromatic N) is 1. The zero-order valence-electron chi connectivity index (χ0n) is 15.2. The minimum atomic E-state index is -0.496. The fourth-order valence-corrected chi connectivity index (χ4v) is 3.37. The van der Waals surface area contributed by atoms with Gasteiger partial charge < -0.3 is 10.1 Å². The summed E-state index contributed by atoms with van der Waals surface area (Å²) in [5.74, 6) is -0.255. The van der Waals surface area contributed by atoms with Gasteiger partial charge >= 0.3 is 0 Å². The summed E-state index contributed by atoms with van der Waals surface area (Å²) in [4.78, 5) is 26.5. The summed E-state index contributed by atoms with van der Waals surface area (Å²) in [7, 11) is 0. The van der Waals surface area contributed by atoms with E-state index in [1.807, 2.05) is 55.5 Å². The van der Waals surface area contributed by atoms with Crippen LogP contribution in [0.25, 0.3) is 0 Å². The fourth-order valence-electron chi connectivity index (χ4n) is 3.37. The highest BCUT2D eigenvalue weighted by Crippen LogP contribution is 2.32. The summed E-state index contributed by atoms with van der Waals surface area (Å²) in [6, 6.07) is 15.1. The average molecular weight is 352 g/mol. The molecule has 5 nitrogen and oxygen atoms in total. The van der Waals surface area contributed by atoms with E-state index in [2.05, 4.69) is 5.32 Å². The molecule has 1 atom stereocenters. The maximum atomic E-state index is 12.8. The molecule has 0 saturated heterocycles. The van der Waals surface area contributed by atoms with Crippen LogP contribution in [-0.2, 0) is 33.9 Å². The Balaban J connectivity index is 1.70. The van der Waals surface area contributed by atoms with E-state index in [4.69, 9.17) is 4.74 Å². The monoisotopic (exact) mass is 352 g/mol. The number of fused-ring (bicyclic) bond motifs is 1. The Morgan fingerprint density at radius 3 is 2.54 bits per heavy atom. The number of ether oxygens (including phenoxy) is 1. The molecule has 0 aromatic heterocycles. The molecule has 1 heterocycles. The molecule has 0 aliphatic carbocycles. The Hall–Kier alpha value is -2.66. The number of para-hydroxylation sites is 1.